The van der Waals surface area contributed by atoms with Crippen molar-refractivity contribution in [3.63, 3.8) is 0 Å². The van der Waals surface area contributed by atoms with Crippen LogP contribution >= 0.6 is 0 Å². The number of hydrogen-bond acceptors (Lipinski definition) is 4. The maximum atomic E-state index is 4.75. The molecule has 0 aliphatic carbocycles. The van der Waals surface area contributed by atoms with E-state index in [1.165, 1.54) is 10.8 Å². The Hall–Kier alpha value is -2.46. The normalized spacial score (nSPS) is 16.2. The van der Waals surface area contributed by atoms with Crippen molar-refractivity contribution in [2.75, 3.05) is 25.0 Å². The first-order chi connectivity index (χ1) is 12.3. The standard InChI is InChI=1S/C21H24N4/c1-2-25-13-10-19(11-14-25)23-21-22-12-9-20(24-21)18-8-7-16-5-3-4-6-17(16)15-18/h3-9,12,15,19H,2,10-11,13-14H2,1H3,(H,22,23,24). The van der Waals surface area contributed by atoms with Crippen LogP contribution in [0.15, 0.2) is 54.7 Å². The number of likely N-dealkylation sites (tertiary alicyclic amines) is 1. The van der Waals surface area contributed by atoms with E-state index in [2.05, 4.69) is 64.6 Å². The summed E-state index contributed by atoms with van der Waals surface area (Å²) in [5, 5.41) is 6.01. The van der Waals surface area contributed by atoms with E-state index in [1.54, 1.807) is 0 Å². The summed E-state index contributed by atoms with van der Waals surface area (Å²) in [7, 11) is 0. The first-order valence-electron chi connectivity index (χ1n) is 9.13. The third-order valence-corrected chi connectivity index (χ3v) is 5.07. The minimum absolute atomic E-state index is 0.467. The van der Waals surface area contributed by atoms with Crippen molar-refractivity contribution in [2.24, 2.45) is 0 Å². The topological polar surface area (TPSA) is 41.0 Å². The van der Waals surface area contributed by atoms with Gasteiger partial charge < -0.3 is 10.2 Å². The molecule has 1 saturated heterocycles. The lowest BCUT2D eigenvalue weighted by molar-refractivity contribution is 0.229. The Labute approximate surface area is 148 Å². The molecule has 25 heavy (non-hydrogen) atoms. The molecule has 0 saturated carbocycles. The highest BCUT2D eigenvalue weighted by Gasteiger charge is 2.18. The van der Waals surface area contributed by atoms with Crippen LogP contribution in [0.3, 0.4) is 0 Å². The second kappa shape index (κ2) is 7.19. The molecule has 2 heterocycles. The van der Waals surface area contributed by atoms with E-state index < -0.39 is 0 Å². The second-order valence-electron chi connectivity index (χ2n) is 6.68. The maximum Gasteiger partial charge on any atom is 0.223 e. The van der Waals surface area contributed by atoms with E-state index in [-0.39, 0.29) is 0 Å². The zero-order chi connectivity index (χ0) is 17.1. The zero-order valence-corrected chi connectivity index (χ0v) is 14.7. The summed E-state index contributed by atoms with van der Waals surface area (Å²) in [5.41, 5.74) is 2.10. The summed E-state index contributed by atoms with van der Waals surface area (Å²) in [6.45, 7) is 5.67. The third-order valence-electron chi connectivity index (χ3n) is 5.07. The van der Waals surface area contributed by atoms with Crippen LogP contribution in [0.1, 0.15) is 19.8 Å². The highest BCUT2D eigenvalue weighted by atomic mass is 15.2. The quantitative estimate of drug-likeness (QED) is 0.778. The number of aromatic nitrogens is 2. The van der Waals surface area contributed by atoms with Gasteiger partial charge in [0.1, 0.15) is 0 Å². The Bertz CT molecular complexity index is 853. The smallest absolute Gasteiger partial charge is 0.223 e. The molecule has 0 amide bonds. The fraction of sp³-hybridized carbons (Fsp3) is 0.333. The fourth-order valence-corrected chi connectivity index (χ4v) is 3.51. The number of nitrogens with one attached hydrogen (secondary N) is 1. The van der Waals surface area contributed by atoms with Gasteiger partial charge >= 0.3 is 0 Å². The highest BCUT2D eigenvalue weighted by molar-refractivity contribution is 5.86. The van der Waals surface area contributed by atoms with Gasteiger partial charge in [-0.25, -0.2) is 9.97 Å². The molecule has 4 nitrogen and oxygen atoms in total. The Morgan fingerprint density at radius 1 is 1.04 bits per heavy atom. The van der Waals surface area contributed by atoms with Gasteiger partial charge in [0.2, 0.25) is 5.95 Å². The fourth-order valence-electron chi connectivity index (χ4n) is 3.51. The van der Waals surface area contributed by atoms with Crippen LogP contribution in [0.5, 0.6) is 0 Å². The molecule has 128 valence electrons. The molecular formula is C21H24N4. The average molecular weight is 332 g/mol. The molecular weight excluding hydrogens is 308 g/mol. The minimum atomic E-state index is 0.467. The largest absolute Gasteiger partial charge is 0.351 e. The van der Waals surface area contributed by atoms with Crippen LogP contribution in [0, 0.1) is 0 Å². The maximum absolute atomic E-state index is 4.75. The van der Waals surface area contributed by atoms with Gasteiger partial charge in [0.25, 0.3) is 0 Å². The van der Waals surface area contributed by atoms with Crippen LogP contribution in [-0.2, 0) is 0 Å². The van der Waals surface area contributed by atoms with Gasteiger partial charge in [0, 0.05) is 30.9 Å². The van der Waals surface area contributed by atoms with Crippen molar-refractivity contribution >= 4 is 16.7 Å². The van der Waals surface area contributed by atoms with Crippen molar-refractivity contribution in [2.45, 2.75) is 25.8 Å². The number of piperidine rings is 1. The first kappa shape index (κ1) is 16.0. The summed E-state index contributed by atoms with van der Waals surface area (Å²) < 4.78 is 0. The molecule has 4 heteroatoms. The van der Waals surface area contributed by atoms with Gasteiger partial charge in [-0.3, -0.25) is 0 Å². The van der Waals surface area contributed by atoms with Crippen molar-refractivity contribution in [1.82, 2.24) is 14.9 Å². The van der Waals surface area contributed by atoms with E-state index >= 15 is 0 Å². The average Bonchev–Trinajstić information content (AvgIpc) is 2.68. The molecule has 4 rings (SSSR count). The summed E-state index contributed by atoms with van der Waals surface area (Å²) in [6, 6.07) is 17.3. The molecule has 0 spiro atoms. The summed E-state index contributed by atoms with van der Waals surface area (Å²) in [4.78, 5) is 11.7. The zero-order valence-electron chi connectivity index (χ0n) is 14.7. The van der Waals surface area contributed by atoms with Crippen molar-refractivity contribution < 1.29 is 0 Å². The molecule has 3 aromatic rings. The Kier molecular flexibility index (Phi) is 4.61. The van der Waals surface area contributed by atoms with Crippen molar-refractivity contribution in [1.29, 1.82) is 0 Å². The van der Waals surface area contributed by atoms with E-state index in [9.17, 15) is 0 Å². The van der Waals surface area contributed by atoms with Gasteiger partial charge in [-0.05, 0) is 42.3 Å². The first-order valence-corrected chi connectivity index (χ1v) is 9.13. The van der Waals surface area contributed by atoms with Crippen LogP contribution in [0.4, 0.5) is 5.95 Å². The summed E-state index contributed by atoms with van der Waals surface area (Å²) >= 11 is 0. The van der Waals surface area contributed by atoms with E-state index in [4.69, 9.17) is 4.98 Å². The molecule has 0 unspecified atom stereocenters. The summed E-state index contributed by atoms with van der Waals surface area (Å²) in [6.07, 6.45) is 4.15. The Morgan fingerprint density at radius 3 is 2.64 bits per heavy atom. The highest BCUT2D eigenvalue weighted by Crippen LogP contribution is 2.24. The number of anilines is 1. The Morgan fingerprint density at radius 2 is 1.84 bits per heavy atom. The predicted molar refractivity (Wildman–Crippen MR) is 104 cm³/mol. The SMILES string of the molecule is CCN1CCC(Nc2nccc(-c3ccc4ccccc4c3)n2)CC1. The van der Waals surface area contributed by atoms with E-state index in [1.807, 2.05) is 12.3 Å². The van der Waals surface area contributed by atoms with Gasteiger partial charge in [-0.1, -0.05) is 43.3 Å². The molecule has 1 aliphatic rings. The number of nitrogens with zero attached hydrogens (tertiary/aromatic N) is 3. The lowest BCUT2D eigenvalue weighted by Crippen LogP contribution is -2.39. The van der Waals surface area contributed by atoms with Gasteiger partial charge in [0.15, 0.2) is 0 Å². The van der Waals surface area contributed by atoms with Gasteiger partial charge in [0.05, 0.1) is 5.69 Å². The van der Waals surface area contributed by atoms with Gasteiger partial charge in [-0.2, -0.15) is 0 Å². The second-order valence-corrected chi connectivity index (χ2v) is 6.68. The van der Waals surface area contributed by atoms with Crippen molar-refractivity contribution in [3.8, 4) is 11.3 Å². The van der Waals surface area contributed by atoms with Gasteiger partial charge in [-0.15, -0.1) is 0 Å². The van der Waals surface area contributed by atoms with E-state index in [0.717, 1.165) is 49.7 Å². The summed E-state index contributed by atoms with van der Waals surface area (Å²) in [5.74, 6) is 0.737. The number of rotatable bonds is 4. The molecule has 0 radical (unpaired) electrons. The van der Waals surface area contributed by atoms with Crippen LogP contribution in [-0.4, -0.2) is 40.5 Å². The molecule has 1 aromatic heterocycles. The Balaban J connectivity index is 1.52. The molecule has 1 fully saturated rings. The molecule has 1 N–H and O–H groups in total. The van der Waals surface area contributed by atoms with Crippen LogP contribution in [0.25, 0.3) is 22.0 Å². The lowest BCUT2D eigenvalue weighted by Gasteiger charge is -2.31. The number of fused-ring (bicyclic) bond motifs is 1. The van der Waals surface area contributed by atoms with E-state index in [0.29, 0.717) is 6.04 Å². The number of hydrogen-bond donors (Lipinski definition) is 1. The van der Waals surface area contributed by atoms with Crippen LogP contribution < -0.4 is 5.32 Å². The lowest BCUT2D eigenvalue weighted by atomic mass is 10.0. The predicted octanol–water partition coefficient (Wildman–Crippen LogP) is 4.19. The van der Waals surface area contributed by atoms with Crippen molar-refractivity contribution in [3.05, 3.63) is 54.7 Å². The minimum Gasteiger partial charge on any atom is -0.351 e. The molecule has 0 bridgehead atoms. The molecule has 2 aromatic carbocycles. The molecule has 0 atom stereocenters. The molecule has 1 aliphatic heterocycles. The number of benzene rings is 2. The monoisotopic (exact) mass is 332 g/mol. The third kappa shape index (κ3) is 3.64. The van der Waals surface area contributed by atoms with Crippen LogP contribution in [0.2, 0.25) is 0 Å².